The van der Waals surface area contributed by atoms with E-state index in [0.29, 0.717) is 48.5 Å². The zero-order chi connectivity index (χ0) is 27.1. The number of hydrogen-bond donors (Lipinski definition) is 1. The molecule has 1 aliphatic heterocycles. The Morgan fingerprint density at radius 3 is 2.50 bits per heavy atom. The van der Waals surface area contributed by atoms with Crippen LogP contribution in [0.4, 0.5) is 0 Å². The van der Waals surface area contributed by atoms with Gasteiger partial charge in [-0.05, 0) is 36.4 Å². The summed E-state index contributed by atoms with van der Waals surface area (Å²) in [7, 11) is 3.08. The van der Waals surface area contributed by atoms with Gasteiger partial charge in [0.25, 0.3) is 0 Å². The molecule has 2 N–H and O–H groups in total. The largest absolute Gasteiger partial charge is 0.497 e. The standard InChI is InChI=1S/C27H17Cl3N2O5S/c1-34-13-4-6-19(35-2)16(9-13)22-15-5-3-14(10-20(15)37-26(32)17(22)11-31)36-27(33)25-24(30)23-18(29)7-12(28)8-21(23)38-25/h3-10,22H,32H2,1-2H3. The number of ether oxygens (including phenoxy) is 4. The lowest BCUT2D eigenvalue weighted by molar-refractivity contribution is 0.0740. The number of carbonyl (C=O) groups is 1. The molecule has 0 spiro atoms. The van der Waals surface area contributed by atoms with Crippen molar-refractivity contribution < 1.29 is 23.7 Å². The number of fused-ring (bicyclic) bond motifs is 2. The molecule has 0 bridgehead atoms. The summed E-state index contributed by atoms with van der Waals surface area (Å²) in [6.07, 6.45) is 0. The number of esters is 1. The number of benzene rings is 3. The Hall–Kier alpha value is -3.61. The fourth-order valence-corrected chi connectivity index (χ4v) is 6.53. The van der Waals surface area contributed by atoms with Crippen molar-refractivity contribution in [2.24, 2.45) is 5.73 Å². The summed E-state index contributed by atoms with van der Waals surface area (Å²) in [4.78, 5) is 13.2. The Labute approximate surface area is 236 Å². The SMILES string of the molecule is COc1ccc(OC)c(C2C(C#N)=C(N)Oc3cc(OC(=O)c4sc5cc(Cl)cc(Cl)c5c4Cl)ccc32)c1. The van der Waals surface area contributed by atoms with Gasteiger partial charge in [0.1, 0.15) is 39.5 Å². The number of rotatable bonds is 5. The molecule has 0 radical (unpaired) electrons. The first-order valence-corrected chi connectivity index (χ1v) is 12.9. The van der Waals surface area contributed by atoms with Crippen LogP contribution in [-0.4, -0.2) is 20.2 Å². The Morgan fingerprint density at radius 1 is 1.03 bits per heavy atom. The van der Waals surface area contributed by atoms with Crippen LogP contribution in [0.3, 0.4) is 0 Å². The lowest BCUT2D eigenvalue weighted by Gasteiger charge is -2.28. The average Bonchev–Trinajstić information content (AvgIpc) is 3.23. The summed E-state index contributed by atoms with van der Waals surface area (Å²) < 4.78 is 23.0. The number of nitriles is 1. The highest BCUT2D eigenvalue weighted by molar-refractivity contribution is 7.21. The van der Waals surface area contributed by atoms with Crippen molar-refractivity contribution in [3.63, 3.8) is 0 Å². The summed E-state index contributed by atoms with van der Waals surface area (Å²) >= 11 is 20.0. The molecular formula is C27H17Cl3N2O5S. The Balaban J connectivity index is 1.53. The summed E-state index contributed by atoms with van der Waals surface area (Å²) in [5, 5.41) is 11.4. The van der Waals surface area contributed by atoms with Gasteiger partial charge in [0.05, 0.1) is 30.2 Å². The molecule has 0 saturated heterocycles. The van der Waals surface area contributed by atoms with Gasteiger partial charge in [-0.25, -0.2) is 4.79 Å². The molecule has 5 rings (SSSR count). The molecule has 0 fully saturated rings. The van der Waals surface area contributed by atoms with E-state index in [1.807, 2.05) is 0 Å². The molecule has 11 heteroatoms. The van der Waals surface area contributed by atoms with Gasteiger partial charge < -0.3 is 24.7 Å². The second kappa shape index (κ2) is 10.3. The van der Waals surface area contributed by atoms with E-state index in [0.717, 1.165) is 11.3 Å². The van der Waals surface area contributed by atoms with Crippen LogP contribution in [0.5, 0.6) is 23.0 Å². The Bertz CT molecular complexity index is 1690. The molecule has 1 unspecified atom stereocenters. The molecule has 1 aromatic heterocycles. The van der Waals surface area contributed by atoms with Gasteiger partial charge in [-0.2, -0.15) is 5.26 Å². The van der Waals surface area contributed by atoms with Gasteiger partial charge in [0, 0.05) is 32.3 Å². The van der Waals surface area contributed by atoms with Gasteiger partial charge in [-0.3, -0.25) is 0 Å². The van der Waals surface area contributed by atoms with Crippen molar-refractivity contribution in [1.82, 2.24) is 0 Å². The predicted molar refractivity (Wildman–Crippen MR) is 147 cm³/mol. The maximum Gasteiger partial charge on any atom is 0.355 e. The molecular weight excluding hydrogens is 571 g/mol. The van der Waals surface area contributed by atoms with Crippen LogP contribution in [0.15, 0.2) is 60.0 Å². The van der Waals surface area contributed by atoms with E-state index in [-0.39, 0.29) is 27.1 Å². The van der Waals surface area contributed by atoms with E-state index >= 15 is 0 Å². The lowest BCUT2D eigenvalue weighted by Crippen LogP contribution is -2.21. The first-order valence-electron chi connectivity index (χ1n) is 11.0. The zero-order valence-electron chi connectivity index (χ0n) is 19.8. The van der Waals surface area contributed by atoms with E-state index in [2.05, 4.69) is 6.07 Å². The van der Waals surface area contributed by atoms with Crippen LogP contribution in [0.1, 0.15) is 26.7 Å². The van der Waals surface area contributed by atoms with Gasteiger partial charge in [-0.15, -0.1) is 11.3 Å². The first kappa shape index (κ1) is 26.0. The topological polar surface area (TPSA) is 104 Å². The minimum atomic E-state index is -0.675. The number of hydrogen-bond acceptors (Lipinski definition) is 8. The van der Waals surface area contributed by atoms with Crippen molar-refractivity contribution in [2.45, 2.75) is 5.92 Å². The molecule has 0 amide bonds. The molecule has 7 nitrogen and oxygen atoms in total. The molecule has 0 saturated carbocycles. The number of methoxy groups -OCH3 is 2. The minimum absolute atomic E-state index is 0.0718. The van der Waals surface area contributed by atoms with E-state index in [9.17, 15) is 10.1 Å². The fourth-order valence-electron chi connectivity index (χ4n) is 4.28. The fraction of sp³-hybridized carbons (Fsp3) is 0.111. The summed E-state index contributed by atoms with van der Waals surface area (Å²) in [5.41, 5.74) is 7.64. The molecule has 1 atom stereocenters. The average molecular weight is 588 g/mol. The zero-order valence-corrected chi connectivity index (χ0v) is 22.9. The molecule has 2 heterocycles. The number of carbonyl (C=O) groups excluding carboxylic acids is 1. The van der Waals surface area contributed by atoms with E-state index < -0.39 is 11.9 Å². The summed E-state index contributed by atoms with van der Waals surface area (Å²) in [5.74, 6) is 0.274. The highest BCUT2D eigenvalue weighted by atomic mass is 35.5. The van der Waals surface area contributed by atoms with Crippen molar-refractivity contribution >= 4 is 62.2 Å². The molecule has 192 valence electrons. The van der Waals surface area contributed by atoms with Crippen molar-refractivity contribution in [2.75, 3.05) is 14.2 Å². The molecule has 3 aromatic carbocycles. The monoisotopic (exact) mass is 586 g/mol. The third-order valence-corrected chi connectivity index (χ3v) is 8.11. The third kappa shape index (κ3) is 4.48. The lowest BCUT2D eigenvalue weighted by atomic mass is 9.83. The molecule has 1 aliphatic rings. The number of nitrogens with two attached hydrogens (primary N) is 1. The maximum absolute atomic E-state index is 13.1. The molecule has 0 aliphatic carbocycles. The summed E-state index contributed by atoms with van der Waals surface area (Å²) in [6, 6.07) is 15.5. The number of nitrogens with zero attached hydrogens (tertiary/aromatic N) is 1. The van der Waals surface area contributed by atoms with Crippen LogP contribution in [0, 0.1) is 11.3 Å². The van der Waals surface area contributed by atoms with Gasteiger partial charge >= 0.3 is 5.97 Å². The second-order valence-electron chi connectivity index (χ2n) is 8.13. The third-order valence-electron chi connectivity index (χ3n) is 5.98. The van der Waals surface area contributed by atoms with E-state index in [4.69, 9.17) is 59.5 Å². The van der Waals surface area contributed by atoms with Crippen molar-refractivity contribution in [1.29, 1.82) is 5.26 Å². The van der Waals surface area contributed by atoms with E-state index in [1.54, 1.807) is 49.6 Å². The van der Waals surface area contributed by atoms with E-state index in [1.165, 1.54) is 13.2 Å². The van der Waals surface area contributed by atoms with Crippen molar-refractivity contribution in [3.8, 4) is 29.1 Å². The molecule has 38 heavy (non-hydrogen) atoms. The number of allylic oxidation sites excluding steroid dienone is 1. The van der Waals surface area contributed by atoms with Crippen LogP contribution in [0.2, 0.25) is 15.1 Å². The normalized spacial score (nSPS) is 14.5. The van der Waals surface area contributed by atoms with Crippen LogP contribution in [-0.2, 0) is 0 Å². The van der Waals surface area contributed by atoms with Gasteiger partial charge in [0.15, 0.2) is 0 Å². The van der Waals surface area contributed by atoms with Gasteiger partial charge in [-0.1, -0.05) is 40.9 Å². The number of halogens is 3. The van der Waals surface area contributed by atoms with Crippen molar-refractivity contribution in [3.05, 3.63) is 91.1 Å². The maximum atomic E-state index is 13.1. The second-order valence-corrected chi connectivity index (χ2v) is 10.4. The van der Waals surface area contributed by atoms with Crippen LogP contribution in [0.25, 0.3) is 10.1 Å². The van der Waals surface area contributed by atoms with Gasteiger partial charge in [0.2, 0.25) is 5.88 Å². The quantitative estimate of drug-likeness (QED) is 0.193. The highest BCUT2D eigenvalue weighted by Crippen LogP contribution is 2.47. The smallest absolute Gasteiger partial charge is 0.355 e. The van der Waals surface area contributed by atoms with Crippen LogP contribution >= 0.6 is 46.1 Å². The predicted octanol–water partition coefficient (Wildman–Crippen LogP) is 7.32. The minimum Gasteiger partial charge on any atom is -0.497 e. The highest BCUT2D eigenvalue weighted by Gasteiger charge is 2.33. The Morgan fingerprint density at radius 2 is 1.79 bits per heavy atom. The van der Waals surface area contributed by atoms with Crippen LogP contribution < -0.4 is 24.7 Å². The molecule has 4 aromatic rings. The first-order chi connectivity index (χ1) is 18.2. The number of thiophene rings is 1. The summed E-state index contributed by atoms with van der Waals surface area (Å²) in [6.45, 7) is 0. The Kier molecular flexibility index (Phi) is 7.03.